The summed E-state index contributed by atoms with van der Waals surface area (Å²) >= 11 is 0. The van der Waals surface area contributed by atoms with Crippen LogP contribution in [0.5, 0.6) is 0 Å². The maximum atomic E-state index is 12.3. The minimum absolute atomic E-state index is 0.123. The molecule has 4 aliphatic carbocycles. The van der Waals surface area contributed by atoms with Gasteiger partial charge >= 0.3 is 0 Å². The Labute approximate surface area is 198 Å². The molecule has 4 saturated carbocycles. The van der Waals surface area contributed by atoms with Crippen molar-refractivity contribution < 1.29 is 30.6 Å². The Balaban J connectivity index is 1.64. The summed E-state index contributed by atoms with van der Waals surface area (Å²) < 4.78 is 0. The van der Waals surface area contributed by atoms with Gasteiger partial charge in [0.2, 0.25) is 0 Å². The molecule has 0 heterocycles. The monoisotopic (exact) mass is 466 g/mol. The average Bonchev–Trinajstić information content (AvgIpc) is 3.00. The van der Waals surface area contributed by atoms with Gasteiger partial charge in [-0.1, -0.05) is 39.8 Å². The lowest BCUT2D eigenvalue weighted by atomic mass is 9.41. The molecule has 0 radical (unpaired) electrons. The van der Waals surface area contributed by atoms with Gasteiger partial charge in [-0.2, -0.15) is 0 Å². The lowest BCUT2D eigenvalue weighted by Gasteiger charge is -2.66. The van der Waals surface area contributed by atoms with Crippen molar-refractivity contribution in [1.82, 2.24) is 0 Å². The fourth-order valence-electron chi connectivity index (χ4n) is 9.25. The van der Waals surface area contributed by atoms with Crippen LogP contribution < -0.4 is 0 Å². The second kappa shape index (κ2) is 8.86. The topological polar surface area (TPSA) is 121 Å². The molecule has 0 aliphatic heterocycles. The Morgan fingerprint density at radius 3 is 2.24 bits per heavy atom. The standard InChI is InChI=1S/C27H46O6/c1-15(9-12-28)5-6-16(2)17-13-19(30)24-25(17,3)11-8-21-26(4)10-7-18(29)23(32)22(26)20(31)14-27(21,24)33/h5-6,15-24,28-33H,7-14H2,1-4H3/b6-5+/t15-,16-,17-,18+,19-,20+,21-,22+,23-,24-,25-,26-,27+/m1/s1. The van der Waals surface area contributed by atoms with Gasteiger partial charge in [0.15, 0.2) is 0 Å². The van der Waals surface area contributed by atoms with Crippen LogP contribution in [0.15, 0.2) is 12.2 Å². The van der Waals surface area contributed by atoms with Gasteiger partial charge in [-0.3, -0.25) is 0 Å². The molecule has 0 saturated heterocycles. The number of rotatable bonds is 5. The molecule has 4 fully saturated rings. The summed E-state index contributed by atoms with van der Waals surface area (Å²) in [5, 5.41) is 65.1. The van der Waals surface area contributed by atoms with Crippen LogP contribution in [0.25, 0.3) is 0 Å². The van der Waals surface area contributed by atoms with E-state index in [0.717, 1.165) is 19.3 Å². The highest BCUT2D eigenvalue weighted by atomic mass is 16.3. The first kappa shape index (κ1) is 25.6. The van der Waals surface area contributed by atoms with Gasteiger partial charge in [0.05, 0.1) is 30.0 Å². The van der Waals surface area contributed by atoms with E-state index in [4.69, 9.17) is 0 Å². The van der Waals surface area contributed by atoms with Gasteiger partial charge < -0.3 is 30.6 Å². The number of fused-ring (bicyclic) bond motifs is 5. The molecule has 0 aromatic heterocycles. The molecule has 0 spiro atoms. The third-order valence-corrected chi connectivity index (χ3v) is 10.8. The van der Waals surface area contributed by atoms with Crippen molar-refractivity contribution in [2.24, 2.45) is 46.3 Å². The Morgan fingerprint density at radius 2 is 1.58 bits per heavy atom. The summed E-state index contributed by atoms with van der Waals surface area (Å²) in [5.41, 5.74) is -1.92. The largest absolute Gasteiger partial charge is 0.396 e. The first-order valence-electron chi connectivity index (χ1n) is 13.1. The predicted octanol–water partition coefficient (Wildman–Crippen LogP) is 2.24. The van der Waals surface area contributed by atoms with Crippen molar-refractivity contribution >= 4 is 0 Å². The summed E-state index contributed by atoms with van der Waals surface area (Å²) in [6.45, 7) is 8.74. The van der Waals surface area contributed by atoms with Crippen molar-refractivity contribution in [2.75, 3.05) is 6.61 Å². The van der Waals surface area contributed by atoms with Gasteiger partial charge in [0.1, 0.15) is 0 Å². The Kier molecular flexibility index (Phi) is 6.87. The van der Waals surface area contributed by atoms with E-state index >= 15 is 0 Å². The maximum Gasteiger partial charge on any atom is 0.0857 e. The third kappa shape index (κ3) is 3.84. The van der Waals surface area contributed by atoms with Crippen LogP contribution in [0.3, 0.4) is 0 Å². The second-order valence-electron chi connectivity index (χ2n) is 12.6. The smallest absolute Gasteiger partial charge is 0.0857 e. The Morgan fingerprint density at radius 1 is 0.909 bits per heavy atom. The van der Waals surface area contributed by atoms with Crippen molar-refractivity contribution in [3.8, 4) is 0 Å². The lowest BCUT2D eigenvalue weighted by Crippen LogP contribution is -2.70. The fraction of sp³-hybridized carbons (Fsp3) is 0.926. The molecule has 4 aliphatic rings. The Hall–Kier alpha value is -0.500. The third-order valence-electron chi connectivity index (χ3n) is 10.8. The van der Waals surface area contributed by atoms with E-state index in [-0.39, 0.29) is 42.1 Å². The first-order valence-corrected chi connectivity index (χ1v) is 13.1. The molecule has 0 aromatic rings. The van der Waals surface area contributed by atoms with Crippen LogP contribution in [-0.2, 0) is 0 Å². The van der Waals surface area contributed by atoms with E-state index < -0.39 is 41.3 Å². The van der Waals surface area contributed by atoms with E-state index in [0.29, 0.717) is 25.2 Å². The van der Waals surface area contributed by atoms with Gasteiger partial charge in [-0.15, -0.1) is 0 Å². The van der Waals surface area contributed by atoms with Gasteiger partial charge in [0, 0.05) is 24.9 Å². The number of allylic oxidation sites excluding steroid dienone is 2. The quantitative estimate of drug-likeness (QED) is 0.346. The second-order valence-corrected chi connectivity index (χ2v) is 12.6. The van der Waals surface area contributed by atoms with Crippen LogP contribution >= 0.6 is 0 Å². The summed E-state index contributed by atoms with van der Waals surface area (Å²) in [6, 6.07) is 0. The molecule has 0 aromatic carbocycles. The molecule has 33 heavy (non-hydrogen) atoms. The van der Waals surface area contributed by atoms with Crippen molar-refractivity contribution in [3.63, 3.8) is 0 Å². The van der Waals surface area contributed by atoms with E-state index in [1.54, 1.807) is 0 Å². The molecule has 6 heteroatoms. The zero-order chi connectivity index (χ0) is 24.3. The van der Waals surface area contributed by atoms with Gasteiger partial charge in [-0.05, 0) is 73.0 Å². The number of aliphatic hydroxyl groups excluding tert-OH is 5. The predicted molar refractivity (Wildman–Crippen MR) is 126 cm³/mol. The number of aliphatic hydroxyl groups is 6. The summed E-state index contributed by atoms with van der Waals surface area (Å²) in [6.07, 6.45) is 5.34. The van der Waals surface area contributed by atoms with Crippen LogP contribution in [0.1, 0.15) is 72.6 Å². The average molecular weight is 467 g/mol. The van der Waals surface area contributed by atoms with E-state index in [2.05, 4.69) is 39.8 Å². The lowest BCUT2D eigenvalue weighted by molar-refractivity contribution is -0.280. The molecular weight excluding hydrogens is 420 g/mol. The van der Waals surface area contributed by atoms with Gasteiger partial charge in [0.25, 0.3) is 0 Å². The molecule has 0 unspecified atom stereocenters. The highest BCUT2D eigenvalue weighted by molar-refractivity contribution is 5.21. The minimum Gasteiger partial charge on any atom is -0.396 e. The number of hydrogen-bond donors (Lipinski definition) is 6. The first-order chi connectivity index (χ1) is 15.4. The molecule has 4 rings (SSSR count). The molecule has 13 atom stereocenters. The SMILES string of the molecule is C[C@H](/C=C/[C@@H](C)[C@H]1C[C@@H](O)[C@@H]2[C@]1(C)CC[C@@H]1[C@@]3(C)CC[C@H](O)[C@@H](O)[C@@H]3[C@@H](O)C[C@]12O)CCO. The van der Waals surface area contributed by atoms with E-state index in [1.807, 2.05) is 0 Å². The van der Waals surface area contributed by atoms with Gasteiger partial charge in [-0.25, -0.2) is 0 Å². The zero-order valence-electron chi connectivity index (χ0n) is 20.8. The summed E-state index contributed by atoms with van der Waals surface area (Å²) in [7, 11) is 0. The summed E-state index contributed by atoms with van der Waals surface area (Å²) in [5.74, 6) is -0.148. The molecule has 6 nitrogen and oxygen atoms in total. The maximum absolute atomic E-state index is 12.3. The van der Waals surface area contributed by atoms with E-state index in [1.165, 1.54) is 0 Å². The summed E-state index contributed by atoms with van der Waals surface area (Å²) in [4.78, 5) is 0. The van der Waals surface area contributed by atoms with Crippen LogP contribution in [-0.4, -0.2) is 67.3 Å². The zero-order valence-corrected chi connectivity index (χ0v) is 20.8. The van der Waals surface area contributed by atoms with Crippen LogP contribution in [0.2, 0.25) is 0 Å². The molecule has 0 amide bonds. The Bertz CT molecular complexity index is 742. The van der Waals surface area contributed by atoms with Crippen molar-refractivity contribution in [2.45, 2.75) is 103 Å². The molecular formula is C27H46O6. The molecule has 190 valence electrons. The highest BCUT2D eigenvalue weighted by Gasteiger charge is 2.71. The normalized spacial score (nSPS) is 53.9. The van der Waals surface area contributed by atoms with Crippen LogP contribution in [0, 0.1) is 46.3 Å². The number of hydrogen-bond acceptors (Lipinski definition) is 6. The minimum atomic E-state index is -1.19. The fourth-order valence-corrected chi connectivity index (χ4v) is 9.25. The van der Waals surface area contributed by atoms with Crippen molar-refractivity contribution in [1.29, 1.82) is 0 Å². The molecule has 0 bridgehead atoms. The van der Waals surface area contributed by atoms with Crippen LogP contribution in [0.4, 0.5) is 0 Å². The molecule has 6 N–H and O–H groups in total. The van der Waals surface area contributed by atoms with E-state index in [9.17, 15) is 30.6 Å². The highest BCUT2D eigenvalue weighted by Crippen LogP contribution is 2.69. The van der Waals surface area contributed by atoms with Crippen molar-refractivity contribution in [3.05, 3.63) is 12.2 Å².